The van der Waals surface area contributed by atoms with Crippen LogP contribution in [0.25, 0.3) is 0 Å². The first kappa shape index (κ1) is 24.2. The molecular formula is C27H26ClN3OP+. The Morgan fingerprint density at radius 1 is 0.636 bits per heavy atom. The summed E-state index contributed by atoms with van der Waals surface area (Å²) in [7, 11) is -2.47. The standard InChI is InChI=1S/C27H24N3OP.ClH/c28-29-21-26(30-27(31)22-13-5-1-6-14-22)32(23-15-7-2-8-16-23,24-17-9-3-10-18-24)25-19-11-4-12-20-25;/h1-21,29H,28H2;1H/p+1/b26-21+;. The van der Waals surface area contributed by atoms with E-state index < -0.39 is 7.26 Å². The van der Waals surface area contributed by atoms with E-state index in [1.807, 2.05) is 72.8 Å². The second kappa shape index (κ2) is 11.4. The highest BCUT2D eigenvalue weighted by atomic mass is 35.5. The van der Waals surface area contributed by atoms with Gasteiger partial charge in [-0.3, -0.25) is 16.0 Å². The Bertz CT molecular complexity index is 1090. The minimum absolute atomic E-state index is 0. The minimum Gasteiger partial charge on any atom is -0.326 e. The number of hydrazine groups is 1. The van der Waals surface area contributed by atoms with Crippen molar-refractivity contribution in [3.63, 3.8) is 0 Å². The Labute approximate surface area is 201 Å². The molecule has 0 aliphatic rings. The number of hydrogen-bond donors (Lipinski definition) is 3. The van der Waals surface area contributed by atoms with E-state index in [9.17, 15) is 4.79 Å². The molecule has 4 aromatic carbocycles. The molecule has 0 radical (unpaired) electrons. The number of nitrogens with one attached hydrogen (secondary N) is 2. The number of rotatable bonds is 7. The highest BCUT2D eigenvalue weighted by Crippen LogP contribution is 2.61. The molecule has 0 spiro atoms. The van der Waals surface area contributed by atoms with Gasteiger partial charge in [-0.05, 0) is 48.5 Å². The molecule has 0 atom stereocenters. The van der Waals surface area contributed by atoms with Gasteiger partial charge in [-0.15, -0.1) is 12.4 Å². The summed E-state index contributed by atoms with van der Waals surface area (Å²) >= 11 is 0. The maximum Gasteiger partial charge on any atom is 0.258 e. The van der Waals surface area contributed by atoms with Crippen molar-refractivity contribution < 1.29 is 4.79 Å². The normalized spacial score (nSPS) is 11.2. The van der Waals surface area contributed by atoms with Crippen molar-refractivity contribution in [3.05, 3.63) is 139 Å². The first-order valence-electron chi connectivity index (χ1n) is 10.4. The van der Waals surface area contributed by atoms with E-state index in [2.05, 4.69) is 47.1 Å². The van der Waals surface area contributed by atoms with Crippen LogP contribution in [-0.4, -0.2) is 5.91 Å². The lowest BCUT2D eigenvalue weighted by Gasteiger charge is -2.29. The van der Waals surface area contributed by atoms with E-state index in [4.69, 9.17) is 5.84 Å². The summed E-state index contributed by atoms with van der Waals surface area (Å²) < 4.78 is 0. The summed E-state index contributed by atoms with van der Waals surface area (Å²) in [6.07, 6.45) is 1.71. The van der Waals surface area contributed by atoms with Crippen LogP contribution < -0.4 is 32.5 Å². The molecule has 0 aliphatic carbocycles. The molecule has 0 bridgehead atoms. The predicted molar refractivity (Wildman–Crippen MR) is 142 cm³/mol. The molecule has 0 aliphatic heterocycles. The summed E-state index contributed by atoms with van der Waals surface area (Å²) in [5.41, 5.74) is 4.01. The molecule has 4 nitrogen and oxygen atoms in total. The molecule has 166 valence electrons. The Morgan fingerprint density at radius 3 is 1.36 bits per heavy atom. The smallest absolute Gasteiger partial charge is 0.258 e. The third-order valence-electron chi connectivity index (χ3n) is 5.29. The zero-order valence-electron chi connectivity index (χ0n) is 18.0. The van der Waals surface area contributed by atoms with Gasteiger partial charge in [0.2, 0.25) is 0 Å². The fraction of sp³-hybridized carbons (Fsp3) is 0. The van der Waals surface area contributed by atoms with Crippen LogP contribution in [-0.2, 0) is 0 Å². The van der Waals surface area contributed by atoms with Crippen LogP contribution in [0.2, 0.25) is 0 Å². The summed E-state index contributed by atoms with van der Waals surface area (Å²) in [6.45, 7) is 0. The summed E-state index contributed by atoms with van der Waals surface area (Å²) in [4.78, 5) is 13.3. The zero-order chi connectivity index (χ0) is 22.2. The number of amides is 1. The average molecular weight is 475 g/mol. The van der Waals surface area contributed by atoms with Crippen LogP contribution in [0.15, 0.2) is 133 Å². The van der Waals surface area contributed by atoms with E-state index in [-0.39, 0.29) is 18.3 Å². The number of benzene rings is 4. The summed E-state index contributed by atoms with van der Waals surface area (Å²) in [6, 6.07) is 40.1. The van der Waals surface area contributed by atoms with Gasteiger partial charge in [0.05, 0.1) is 6.20 Å². The fourth-order valence-corrected chi connectivity index (χ4v) is 8.02. The SMILES string of the molecule is Cl.NN/C=C(\NC(=O)c1ccccc1)[P+](c1ccccc1)(c1ccccc1)c1ccccc1. The van der Waals surface area contributed by atoms with Crippen molar-refractivity contribution in [1.29, 1.82) is 0 Å². The number of hydrogen-bond acceptors (Lipinski definition) is 3. The molecule has 0 aromatic heterocycles. The van der Waals surface area contributed by atoms with Gasteiger partial charge < -0.3 is 5.43 Å². The lowest BCUT2D eigenvalue weighted by atomic mass is 10.2. The van der Waals surface area contributed by atoms with E-state index in [1.54, 1.807) is 18.3 Å². The molecule has 1 amide bonds. The molecule has 6 heteroatoms. The highest BCUT2D eigenvalue weighted by Gasteiger charge is 2.50. The van der Waals surface area contributed by atoms with Gasteiger partial charge in [-0.25, -0.2) is 0 Å². The third-order valence-corrected chi connectivity index (χ3v) is 9.47. The van der Waals surface area contributed by atoms with Crippen LogP contribution in [0.1, 0.15) is 10.4 Å². The number of nitrogens with two attached hydrogens (primary N) is 1. The molecule has 0 unspecified atom stereocenters. The van der Waals surface area contributed by atoms with Crippen molar-refractivity contribution in [1.82, 2.24) is 10.7 Å². The topological polar surface area (TPSA) is 67.2 Å². The largest absolute Gasteiger partial charge is 0.326 e. The maximum atomic E-state index is 13.3. The molecule has 4 aromatic rings. The first-order valence-corrected chi connectivity index (χ1v) is 12.1. The maximum absolute atomic E-state index is 13.3. The molecule has 33 heavy (non-hydrogen) atoms. The Kier molecular flexibility index (Phi) is 8.39. The van der Waals surface area contributed by atoms with Gasteiger partial charge in [0.25, 0.3) is 5.91 Å². The van der Waals surface area contributed by atoms with Crippen molar-refractivity contribution in [2.24, 2.45) is 5.84 Å². The lowest BCUT2D eigenvalue weighted by molar-refractivity contribution is 0.0968. The Hall–Kier alpha value is -3.43. The average Bonchev–Trinajstić information content (AvgIpc) is 2.87. The third kappa shape index (κ3) is 4.99. The van der Waals surface area contributed by atoms with Crippen LogP contribution in [0.3, 0.4) is 0 Å². The van der Waals surface area contributed by atoms with Crippen molar-refractivity contribution >= 4 is 41.5 Å². The Balaban J connectivity index is 0.00000306. The lowest BCUT2D eigenvalue weighted by Crippen LogP contribution is -2.39. The van der Waals surface area contributed by atoms with Crippen molar-refractivity contribution in [2.75, 3.05) is 0 Å². The number of carbonyl (C=O) groups excluding carboxylic acids is 1. The predicted octanol–water partition coefficient (Wildman–Crippen LogP) is 4.09. The molecule has 4 N–H and O–H groups in total. The summed E-state index contributed by atoms with van der Waals surface area (Å²) in [5.74, 6) is 5.63. The number of carbonyl (C=O) groups is 1. The molecular weight excluding hydrogens is 449 g/mol. The molecule has 0 fully saturated rings. The van der Waals surface area contributed by atoms with Gasteiger partial charge in [-0.2, -0.15) is 0 Å². The first-order chi connectivity index (χ1) is 15.8. The van der Waals surface area contributed by atoms with E-state index in [1.165, 1.54) is 0 Å². The molecule has 0 saturated carbocycles. The van der Waals surface area contributed by atoms with Gasteiger partial charge in [0.15, 0.2) is 12.7 Å². The monoisotopic (exact) mass is 474 g/mol. The van der Waals surface area contributed by atoms with Gasteiger partial charge in [-0.1, -0.05) is 72.8 Å². The van der Waals surface area contributed by atoms with Crippen LogP contribution in [0, 0.1) is 0 Å². The van der Waals surface area contributed by atoms with Gasteiger partial charge in [0.1, 0.15) is 15.9 Å². The second-order valence-corrected chi connectivity index (χ2v) is 10.6. The quantitative estimate of drug-likeness (QED) is 0.215. The van der Waals surface area contributed by atoms with E-state index in [0.29, 0.717) is 5.56 Å². The van der Waals surface area contributed by atoms with E-state index >= 15 is 0 Å². The zero-order valence-corrected chi connectivity index (χ0v) is 19.7. The van der Waals surface area contributed by atoms with Crippen LogP contribution >= 0.6 is 19.7 Å². The molecule has 0 heterocycles. The Morgan fingerprint density at radius 2 is 1.00 bits per heavy atom. The van der Waals surface area contributed by atoms with Crippen molar-refractivity contribution in [3.8, 4) is 0 Å². The van der Waals surface area contributed by atoms with E-state index in [0.717, 1.165) is 21.4 Å². The minimum atomic E-state index is -2.47. The van der Waals surface area contributed by atoms with Crippen molar-refractivity contribution in [2.45, 2.75) is 0 Å². The molecule has 4 rings (SSSR count). The molecule has 0 saturated heterocycles. The second-order valence-electron chi connectivity index (χ2n) is 7.19. The van der Waals surface area contributed by atoms with Crippen LogP contribution in [0.4, 0.5) is 0 Å². The highest BCUT2D eigenvalue weighted by molar-refractivity contribution is 7.99. The summed E-state index contributed by atoms with van der Waals surface area (Å²) in [5, 5.41) is 6.55. The fourth-order valence-electron chi connectivity index (χ4n) is 3.89. The van der Waals surface area contributed by atoms with Gasteiger partial charge >= 0.3 is 0 Å². The number of halogens is 1. The van der Waals surface area contributed by atoms with Crippen LogP contribution in [0.5, 0.6) is 0 Å². The van der Waals surface area contributed by atoms with Gasteiger partial charge in [0, 0.05) is 5.56 Å².